The molecule has 1 aliphatic rings. The van der Waals surface area contributed by atoms with E-state index in [1.807, 2.05) is 30.3 Å². The van der Waals surface area contributed by atoms with Crippen molar-refractivity contribution in [2.45, 2.75) is 13.0 Å². The van der Waals surface area contributed by atoms with Crippen LogP contribution in [-0.2, 0) is 16.1 Å². The summed E-state index contributed by atoms with van der Waals surface area (Å²) in [6.07, 6.45) is 1.97. The number of aromatic nitrogens is 1. The van der Waals surface area contributed by atoms with Gasteiger partial charge < -0.3 is 10.6 Å². The topological polar surface area (TPSA) is 76.3 Å². The Bertz CT molecular complexity index is 678. The normalized spacial score (nSPS) is 18.7. The van der Waals surface area contributed by atoms with Crippen LogP contribution in [0.15, 0.2) is 36.5 Å². The number of benzene rings is 1. The Morgan fingerprint density at radius 2 is 2.20 bits per heavy atom. The van der Waals surface area contributed by atoms with Gasteiger partial charge in [0.15, 0.2) is 0 Å². The van der Waals surface area contributed by atoms with Gasteiger partial charge in [0.1, 0.15) is 0 Å². The Hall–Kier alpha value is -2.43. The predicted octanol–water partition coefficient (Wildman–Crippen LogP) is 1.07. The highest BCUT2D eigenvalue weighted by Gasteiger charge is 2.33. The molecule has 2 aromatic rings. The van der Waals surface area contributed by atoms with Crippen molar-refractivity contribution >= 4 is 22.7 Å². The van der Waals surface area contributed by atoms with Gasteiger partial charge in [-0.3, -0.25) is 14.6 Å². The van der Waals surface area contributed by atoms with E-state index in [-0.39, 0.29) is 18.2 Å². The first kappa shape index (κ1) is 12.6. The number of amides is 2. The molecule has 1 aromatic heterocycles. The van der Waals surface area contributed by atoms with E-state index in [0.717, 1.165) is 16.5 Å². The van der Waals surface area contributed by atoms with E-state index in [1.165, 1.54) is 0 Å². The van der Waals surface area contributed by atoms with Crippen LogP contribution in [0.5, 0.6) is 0 Å². The van der Waals surface area contributed by atoms with E-state index in [0.29, 0.717) is 13.1 Å². The zero-order chi connectivity index (χ0) is 14.1. The lowest BCUT2D eigenvalue weighted by Crippen LogP contribution is -2.28. The summed E-state index contributed by atoms with van der Waals surface area (Å²) in [5, 5.41) is 1.03. The number of rotatable bonds is 3. The standard InChI is InChI=1S/C15H15N3O2/c16-15(20)11-7-14(19)18(9-11)8-10-3-1-5-13-12(10)4-2-6-17-13/h1-6,11H,7-9H2,(H2,16,20). The van der Waals surface area contributed by atoms with Gasteiger partial charge in [-0.05, 0) is 17.7 Å². The van der Waals surface area contributed by atoms with Gasteiger partial charge in [-0.2, -0.15) is 0 Å². The average molecular weight is 269 g/mol. The van der Waals surface area contributed by atoms with E-state index in [2.05, 4.69) is 4.98 Å². The number of likely N-dealkylation sites (tertiary alicyclic amines) is 1. The molecule has 5 heteroatoms. The molecule has 3 rings (SSSR count). The summed E-state index contributed by atoms with van der Waals surface area (Å²) in [6, 6.07) is 9.72. The van der Waals surface area contributed by atoms with Crippen LogP contribution in [0, 0.1) is 5.92 Å². The molecule has 2 amide bonds. The molecule has 1 unspecified atom stereocenters. The van der Waals surface area contributed by atoms with Crippen LogP contribution in [0.25, 0.3) is 10.9 Å². The Balaban J connectivity index is 1.87. The summed E-state index contributed by atoms with van der Waals surface area (Å²) < 4.78 is 0. The van der Waals surface area contributed by atoms with Crippen molar-refractivity contribution in [1.82, 2.24) is 9.88 Å². The lowest BCUT2D eigenvalue weighted by molar-refractivity contribution is -0.128. The number of hydrogen-bond acceptors (Lipinski definition) is 3. The molecule has 1 atom stereocenters. The molecule has 0 saturated carbocycles. The molecule has 20 heavy (non-hydrogen) atoms. The smallest absolute Gasteiger partial charge is 0.223 e. The number of pyridine rings is 1. The van der Waals surface area contributed by atoms with E-state index < -0.39 is 5.91 Å². The van der Waals surface area contributed by atoms with Crippen LogP contribution in [0.2, 0.25) is 0 Å². The predicted molar refractivity (Wildman–Crippen MR) is 74.5 cm³/mol. The molecule has 1 fully saturated rings. The van der Waals surface area contributed by atoms with Crippen molar-refractivity contribution in [2.24, 2.45) is 11.7 Å². The minimum atomic E-state index is -0.402. The van der Waals surface area contributed by atoms with E-state index >= 15 is 0 Å². The number of carbonyl (C=O) groups excluding carboxylic acids is 2. The first-order valence-electron chi connectivity index (χ1n) is 6.55. The molecule has 1 aromatic carbocycles. The fourth-order valence-corrected chi connectivity index (χ4v) is 2.63. The van der Waals surface area contributed by atoms with Gasteiger partial charge in [0.05, 0.1) is 11.4 Å². The molecule has 0 bridgehead atoms. The second kappa shape index (κ2) is 4.92. The largest absolute Gasteiger partial charge is 0.369 e. The lowest BCUT2D eigenvalue weighted by atomic mass is 10.1. The van der Waals surface area contributed by atoms with Gasteiger partial charge >= 0.3 is 0 Å². The number of hydrogen-bond donors (Lipinski definition) is 1. The number of carbonyl (C=O) groups is 2. The highest BCUT2D eigenvalue weighted by molar-refractivity contribution is 5.89. The van der Waals surface area contributed by atoms with Gasteiger partial charge in [-0.15, -0.1) is 0 Å². The van der Waals surface area contributed by atoms with Crippen molar-refractivity contribution < 1.29 is 9.59 Å². The monoisotopic (exact) mass is 269 g/mol. The molecular weight excluding hydrogens is 254 g/mol. The first-order chi connectivity index (χ1) is 9.65. The van der Waals surface area contributed by atoms with Gasteiger partial charge in [-0.1, -0.05) is 18.2 Å². The molecule has 1 saturated heterocycles. The number of nitrogens with zero attached hydrogens (tertiary/aromatic N) is 2. The molecule has 5 nitrogen and oxygen atoms in total. The highest BCUT2D eigenvalue weighted by atomic mass is 16.2. The summed E-state index contributed by atoms with van der Waals surface area (Å²) >= 11 is 0. The summed E-state index contributed by atoms with van der Waals surface area (Å²) in [5.74, 6) is -0.786. The fourth-order valence-electron chi connectivity index (χ4n) is 2.63. The molecule has 0 radical (unpaired) electrons. The summed E-state index contributed by atoms with van der Waals surface area (Å²) in [6.45, 7) is 0.899. The number of primary amides is 1. The van der Waals surface area contributed by atoms with Crippen LogP contribution in [-0.4, -0.2) is 28.2 Å². The quantitative estimate of drug-likeness (QED) is 0.905. The highest BCUT2D eigenvalue weighted by Crippen LogP contribution is 2.23. The number of fused-ring (bicyclic) bond motifs is 1. The van der Waals surface area contributed by atoms with Crippen molar-refractivity contribution in [3.05, 3.63) is 42.1 Å². The summed E-state index contributed by atoms with van der Waals surface area (Å²) in [4.78, 5) is 29.1. The minimum Gasteiger partial charge on any atom is -0.369 e. The molecule has 0 spiro atoms. The van der Waals surface area contributed by atoms with Gasteiger partial charge in [0, 0.05) is 31.1 Å². The maximum atomic E-state index is 11.9. The van der Waals surface area contributed by atoms with Crippen LogP contribution in [0.3, 0.4) is 0 Å². The van der Waals surface area contributed by atoms with Crippen LogP contribution in [0.1, 0.15) is 12.0 Å². The van der Waals surface area contributed by atoms with Crippen LogP contribution >= 0.6 is 0 Å². The van der Waals surface area contributed by atoms with Crippen molar-refractivity contribution in [2.75, 3.05) is 6.54 Å². The van der Waals surface area contributed by atoms with Crippen LogP contribution < -0.4 is 5.73 Å². The second-order valence-corrected chi connectivity index (χ2v) is 5.06. The third-order valence-electron chi connectivity index (χ3n) is 3.71. The van der Waals surface area contributed by atoms with Crippen molar-refractivity contribution in [1.29, 1.82) is 0 Å². The fraction of sp³-hybridized carbons (Fsp3) is 0.267. The van der Waals surface area contributed by atoms with Gasteiger partial charge in [0.2, 0.25) is 11.8 Å². The third-order valence-corrected chi connectivity index (χ3v) is 3.71. The zero-order valence-electron chi connectivity index (χ0n) is 11.0. The van der Waals surface area contributed by atoms with Crippen molar-refractivity contribution in [3.8, 4) is 0 Å². The van der Waals surface area contributed by atoms with Gasteiger partial charge in [0.25, 0.3) is 0 Å². The number of nitrogens with two attached hydrogens (primary N) is 1. The SMILES string of the molecule is NC(=O)C1CC(=O)N(Cc2cccc3ncccc23)C1. The Morgan fingerprint density at radius 1 is 1.35 bits per heavy atom. The Kier molecular flexibility index (Phi) is 3.10. The van der Waals surface area contributed by atoms with Crippen molar-refractivity contribution in [3.63, 3.8) is 0 Å². The van der Waals surface area contributed by atoms with E-state index in [4.69, 9.17) is 5.73 Å². The Morgan fingerprint density at radius 3 is 2.95 bits per heavy atom. The lowest BCUT2D eigenvalue weighted by Gasteiger charge is -2.17. The molecular formula is C15H15N3O2. The first-order valence-corrected chi connectivity index (χ1v) is 6.55. The average Bonchev–Trinajstić information content (AvgIpc) is 2.81. The third kappa shape index (κ3) is 2.22. The molecule has 0 aliphatic carbocycles. The molecule has 2 N–H and O–H groups in total. The zero-order valence-corrected chi connectivity index (χ0v) is 11.0. The Labute approximate surface area is 116 Å². The summed E-state index contributed by atoms with van der Waals surface area (Å²) in [7, 11) is 0. The van der Waals surface area contributed by atoms with Crippen LogP contribution in [0.4, 0.5) is 0 Å². The van der Waals surface area contributed by atoms with E-state index in [1.54, 1.807) is 11.1 Å². The van der Waals surface area contributed by atoms with E-state index in [9.17, 15) is 9.59 Å². The minimum absolute atomic E-state index is 0.0188. The molecule has 102 valence electrons. The summed E-state index contributed by atoms with van der Waals surface area (Å²) in [5.41, 5.74) is 7.22. The molecule has 2 heterocycles. The maximum Gasteiger partial charge on any atom is 0.223 e. The van der Waals surface area contributed by atoms with Gasteiger partial charge in [-0.25, -0.2) is 0 Å². The second-order valence-electron chi connectivity index (χ2n) is 5.06. The maximum absolute atomic E-state index is 11.9. The molecule has 1 aliphatic heterocycles.